The molecule has 48 valence electrons. The SMILES string of the molecule is CCO[n+]1ccccn1. The minimum atomic E-state index is 0.641. The average Bonchev–Trinajstić information content (AvgIpc) is 1.91. The summed E-state index contributed by atoms with van der Waals surface area (Å²) < 4.78 is 0. The van der Waals surface area contributed by atoms with Gasteiger partial charge in [-0.1, -0.05) is 0 Å². The minimum absolute atomic E-state index is 0.641. The fourth-order valence-electron chi connectivity index (χ4n) is 0.524. The molecule has 3 heteroatoms. The lowest BCUT2D eigenvalue weighted by molar-refractivity contribution is -0.934. The molecule has 1 aromatic heterocycles. The second kappa shape index (κ2) is 3.02. The van der Waals surface area contributed by atoms with Crippen LogP contribution in [0, 0.1) is 0 Å². The zero-order valence-electron chi connectivity index (χ0n) is 5.32. The molecule has 0 N–H and O–H groups in total. The summed E-state index contributed by atoms with van der Waals surface area (Å²) in [6.45, 7) is 2.56. The molecule has 0 unspecified atom stereocenters. The van der Waals surface area contributed by atoms with E-state index in [-0.39, 0.29) is 0 Å². The molecule has 0 saturated carbocycles. The first-order valence-electron chi connectivity index (χ1n) is 2.89. The van der Waals surface area contributed by atoms with Gasteiger partial charge in [-0.05, 0) is 13.0 Å². The standard InChI is InChI=1S/C6H9N2O/c1-2-9-8-6-4-3-5-7-8/h3-6H,2H2,1H3/q+1. The molecule has 0 fully saturated rings. The van der Waals surface area contributed by atoms with E-state index in [1.807, 2.05) is 19.1 Å². The first-order valence-corrected chi connectivity index (χ1v) is 2.89. The summed E-state index contributed by atoms with van der Waals surface area (Å²) >= 11 is 0. The third-order valence-electron chi connectivity index (χ3n) is 0.853. The Hall–Kier alpha value is -1.12. The van der Waals surface area contributed by atoms with Crippen molar-refractivity contribution in [3.05, 3.63) is 24.5 Å². The van der Waals surface area contributed by atoms with Crippen LogP contribution in [0.5, 0.6) is 0 Å². The monoisotopic (exact) mass is 125 g/mol. The number of nitrogens with zero attached hydrogens (tertiary/aromatic N) is 2. The van der Waals surface area contributed by atoms with E-state index in [0.717, 1.165) is 0 Å². The van der Waals surface area contributed by atoms with Crippen molar-refractivity contribution >= 4 is 0 Å². The van der Waals surface area contributed by atoms with Crippen molar-refractivity contribution in [1.29, 1.82) is 0 Å². The van der Waals surface area contributed by atoms with E-state index in [4.69, 9.17) is 4.84 Å². The molecule has 0 aromatic carbocycles. The third kappa shape index (κ3) is 1.68. The molecule has 0 atom stereocenters. The molecule has 0 bridgehead atoms. The van der Waals surface area contributed by atoms with Crippen molar-refractivity contribution in [2.75, 3.05) is 6.61 Å². The first-order chi connectivity index (χ1) is 4.43. The van der Waals surface area contributed by atoms with Gasteiger partial charge in [0.25, 0.3) is 6.20 Å². The van der Waals surface area contributed by atoms with Gasteiger partial charge >= 0.3 is 0 Å². The average molecular weight is 125 g/mol. The second-order valence-electron chi connectivity index (χ2n) is 1.52. The molecule has 1 aromatic rings. The molecular formula is C6H9N2O+. The Kier molecular flexibility index (Phi) is 2.01. The predicted molar refractivity (Wildman–Crippen MR) is 31.6 cm³/mol. The van der Waals surface area contributed by atoms with Gasteiger partial charge in [0.15, 0.2) is 6.61 Å². The van der Waals surface area contributed by atoms with E-state index >= 15 is 0 Å². The van der Waals surface area contributed by atoms with Crippen LogP contribution in [0.1, 0.15) is 6.92 Å². The van der Waals surface area contributed by atoms with Crippen LogP contribution in [0.2, 0.25) is 0 Å². The van der Waals surface area contributed by atoms with Crippen LogP contribution in [-0.4, -0.2) is 11.7 Å². The van der Waals surface area contributed by atoms with Crippen LogP contribution in [0.4, 0.5) is 0 Å². The molecule has 0 aliphatic rings. The van der Waals surface area contributed by atoms with Gasteiger partial charge in [-0.2, -0.15) is 0 Å². The van der Waals surface area contributed by atoms with Crippen LogP contribution in [0.3, 0.4) is 0 Å². The van der Waals surface area contributed by atoms with E-state index in [1.54, 1.807) is 12.4 Å². The summed E-state index contributed by atoms with van der Waals surface area (Å²) in [5.74, 6) is 0. The second-order valence-corrected chi connectivity index (χ2v) is 1.52. The lowest BCUT2D eigenvalue weighted by atomic mass is 10.6. The molecule has 1 rings (SSSR count). The van der Waals surface area contributed by atoms with Gasteiger partial charge in [-0.25, -0.2) is 4.84 Å². The summed E-state index contributed by atoms with van der Waals surface area (Å²) in [5.41, 5.74) is 0. The van der Waals surface area contributed by atoms with Gasteiger partial charge in [0.1, 0.15) is 4.85 Å². The summed E-state index contributed by atoms with van der Waals surface area (Å²) in [4.78, 5) is 6.44. The summed E-state index contributed by atoms with van der Waals surface area (Å²) in [6, 6.07) is 3.71. The van der Waals surface area contributed by atoms with Crippen molar-refractivity contribution in [3.63, 3.8) is 0 Å². The molecule has 0 saturated heterocycles. The lowest BCUT2D eigenvalue weighted by Gasteiger charge is -1.86. The number of aromatic nitrogens is 2. The number of hydrogen-bond donors (Lipinski definition) is 0. The maximum absolute atomic E-state index is 5.01. The Labute approximate surface area is 53.8 Å². The van der Waals surface area contributed by atoms with Crippen LogP contribution < -0.4 is 9.68 Å². The molecule has 1 heterocycles. The van der Waals surface area contributed by atoms with Crippen molar-refractivity contribution in [2.45, 2.75) is 6.92 Å². The maximum Gasteiger partial charge on any atom is 0.254 e. The van der Waals surface area contributed by atoms with Crippen LogP contribution in [0.15, 0.2) is 24.5 Å². The molecule has 0 spiro atoms. The zero-order valence-corrected chi connectivity index (χ0v) is 5.32. The molecule has 0 amide bonds. The summed E-state index contributed by atoms with van der Waals surface area (Å²) in [7, 11) is 0. The lowest BCUT2D eigenvalue weighted by Crippen LogP contribution is -2.45. The highest BCUT2D eigenvalue weighted by Crippen LogP contribution is 1.68. The molecule has 0 radical (unpaired) electrons. The molecule has 0 aliphatic carbocycles. The predicted octanol–water partition coefficient (Wildman–Crippen LogP) is -0.182. The number of rotatable bonds is 2. The Balaban J connectivity index is 2.61. The van der Waals surface area contributed by atoms with E-state index in [1.165, 1.54) is 4.85 Å². The Morgan fingerprint density at radius 1 is 1.56 bits per heavy atom. The Morgan fingerprint density at radius 3 is 3.00 bits per heavy atom. The topological polar surface area (TPSA) is 26.0 Å². The van der Waals surface area contributed by atoms with Gasteiger partial charge < -0.3 is 0 Å². The van der Waals surface area contributed by atoms with Gasteiger partial charge in [-0.15, -0.1) is 0 Å². The zero-order chi connectivity index (χ0) is 6.53. The smallest absolute Gasteiger partial charge is 0.246 e. The van der Waals surface area contributed by atoms with Crippen LogP contribution in [-0.2, 0) is 0 Å². The van der Waals surface area contributed by atoms with Crippen molar-refractivity contribution in [1.82, 2.24) is 5.10 Å². The van der Waals surface area contributed by atoms with E-state index in [2.05, 4.69) is 5.10 Å². The van der Waals surface area contributed by atoms with Crippen molar-refractivity contribution < 1.29 is 9.68 Å². The highest BCUT2D eigenvalue weighted by Gasteiger charge is 1.94. The Morgan fingerprint density at radius 2 is 2.44 bits per heavy atom. The molecule has 9 heavy (non-hydrogen) atoms. The highest BCUT2D eigenvalue weighted by atomic mass is 16.7. The normalized spacial score (nSPS) is 9.00. The highest BCUT2D eigenvalue weighted by molar-refractivity contribution is 4.76. The third-order valence-corrected chi connectivity index (χ3v) is 0.853. The minimum Gasteiger partial charge on any atom is -0.246 e. The quantitative estimate of drug-likeness (QED) is 0.512. The van der Waals surface area contributed by atoms with Gasteiger partial charge in [-0.3, -0.25) is 0 Å². The van der Waals surface area contributed by atoms with Gasteiger partial charge in [0.2, 0.25) is 0 Å². The van der Waals surface area contributed by atoms with E-state index in [9.17, 15) is 0 Å². The summed E-state index contributed by atoms with van der Waals surface area (Å²) in [5, 5.41) is 3.86. The van der Waals surface area contributed by atoms with Crippen molar-refractivity contribution in [3.8, 4) is 0 Å². The van der Waals surface area contributed by atoms with Crippen molar-refractivity contribution in [2.24, 2.45) is 0 Å². The fraction of sp³-hybridized carbons (Fsp3) is 0.333. The van der Waals surface area contributed by atoms with Crippen LogP contribution >= 0.6 is 0 Å². The van der Waals surface area contributed by atoms with E-state index < -0.39 is 0 Å². The molecule has 0 aliphatic heterocycles. The Bertz CT molecular complexity index is 164. The summed E-state index contributed by atoms with van der Waals surface area (Å²) in [6.07, 6.45) is 3.43. The molecule has 3 nitrogen and oxygen atoms in total. The number of hydrogen-bond acceptors (Lipinski definition) is 2. The van der Waals surface area contributed by atoms with E-state index in [0.29, 0.717) is 6.61 Å². The maximum atomic E-state index is 5.01. The van der Waals surface area contributed by atoms with Crippen LogP contribution in [0.25, 0.3) is 0 Å². The first kappa shape index (κ1) is 6.01. The molecular weight excluding hydrogens is 116 g/mol. The largest absolute Gasteiger partial charge is 0.254 e. The van der Waals surface area contributed by atoms with Gasteiger partial charge in [0, 0.05) is 11.2 Å². The van der Waals surface area contributed by atoms with Gasteiger partial charge in [0.05, 0.1) is 6.20 Å². The fourth-order valence-corrected chi connectivity index (χ4v) is 0.524.